The molecule has 0 atom stereocenters. The van der Waals surface area contributed by atoms with Crippen LogP contribution in [0.5, 0.6) is 0 Å². The van der Waals surface area contributed by atoms with E-state index in [-0.39, 0.29) is 10.6 Å². The maximum Gasteiger partial charge on any atom is 0.255 e. The molecule has 0 aliphatic heterocycles. The summed E-state index contributed by atoms with van der Waals surface area (Å²) in [5, 5.41) is 4.79. The summed E-state index contributed by atoms with van der Waals surface area (Å²) in [5.74, 6) is -1.06. The Labute approximate surface area is 127 Å². The van der Waals surface area contributed by atoms with Crippen LogP contribution in [0.4, 0.5) is 4.39 Å². The Hall–Kier alpha value is -1.18. The van der Waals surface area contributed by atoms with Gasteiger partial charge in [0.15, 0.2) is 0 Å². The molecule has 2 rings (SSSR count). The molecule has 0 unspecified atom stereocenters. The fourth-order valence-corrected chi connectivity index (χ4v) is 3.11. The summed E-state index contributed by atoms with van der Waals surface area (Å²) in [6, 6.07) is 1.69. The molecule has 0 heterocycles. The third-order valence-corrected chi connectivity index (χ3v) is 4.90. The van der Waals surface area contributed by atoms with Crippen molar-refractivity contribution in [2.45, 2.75) is 24.2 Å². The van der Waals surface area contributed by atoms with E-state index in [0.717, 1.165) is 31.4 Å². The van der Waals surface area contributed by atoms with E-state index in [4.69, 9.17) is 16.7 Å². The van der Waals surface area contributed by atoms with E-state index in [1.54, 1.807) is 7.05 Å². The van der Waals surface area contributed by atoms with Gasteiger partial charge in [-0.3, -0.25) is 4.79 Å². The Kier molecular flexibility index (Phi) is 4.55. The Morgan fingerprint density at radius 1 is 1.48 bits per heavy atom. The number of halogens is 2. The van der Waals surface area contributed by atoms with Crippen LogP contribution < -0.4 is 5.14 Å². The number of nitrogens with two attached hydrogens (primary N) is 1. The second kappa shape index (κ2) is 5.90. The molecule has 0 aromatic heterocycles. The Bertz CT molecular complexity index is 674. The van der Waals surface area contributed by atoms with Gasteiger partial charge in [-0.1, -0.05) is 18.0 Å². The van der Waals surface area contributed by atoms with E-state index >= 15 is 0 Å². The van der Waals surface area contributed by atoms with Crippen LogP contribution >= 0.6 is 11.6 Å². The number of benzene rings is 1. The fourth-order valence-electron chi connectivity index (χ4n) is 2.26. The van der Waals surface area contributed by atoms with Crippen LogP contribution in [-0.2, 0) is 10.0 Å². The first-order valence-corrected chi connectivity index (χ1v) is 8.40. The molecule has 1 aliphatic rings. The summed E-state index contributed by atoms with van der Waals surface area (Å²) in [6.45, 7) is 0.567. The van der Waals surface area contributed by atoms with Crippen molar-refractivity contribution in [3.63, 3.8) is 0 Å². The number of nitrogens with zero attached hydrogens (tertiary/aromatic N) is 1. The molecule has 1 fully saturated rings. The molecule has 1 aromatic rings. The number of primary sulfonamides is 1. The monoisotopic (exact) mass is 334 g/mol. The third-order valence-electron chi connectivity index (χ3n) is 3.66. The van der Waals surface area contributed by atoms with E-state index in [0.29, 0.717) is 12.5 Å². The van der Waals surface area contributed by atoms with Gasteiger partial charge in [-0.15, -0.1) is 0 Å². The number of rotatable bonds is 4. The van der Waals surface area contributed by atoms with Crippen LogP contribution in [0.2, 0.25) is 5.02 Å². The molecule has 8 heteroatoms. The predicted octanol–water partition coefficient (Wildman–Crippen LogP) is 2.00. The molecule has 21 heavy (non-hydrogen) atoms. The van der Waals surface area contributed by atoms with Gasteiger partial charge in [0, 0.05) is 13.6 Å². The molecular formula is C13H16ClFN2O3S. The van der Waals surface area contributed by atoms with Crippen LogP contribution in [0.25, 0.3) is 0 Å². The lowest BCUT2D eigenvalue weighted by Gasteiger charge is -2.30. The molecule has 1 saturated carbocycles. The number of sulfonamides is 1. The Morgan fingerprint density at radius 3 is 2.57 bits per heavy atom. The summed E-state index contributed by atoms with van der Waals surface area (Å²) in [4.78, 5) is 13.1. The number of hydrogen-bond acceptors (Lipinski definition) is 3. The molecule has 0 spiro atoms. The van der Waals surface area contributed by atoms with Crippen molar-refractivity contribution < 1.29 is 17.6 Å². The van der Waals surface area contributed by atoms with Gasteiger partial charge < -0.3 is 4.90 Å². The first-order valence-electron chi connectivity index (χ1n) is 6.47. The Morgan fingerprint density at radius 2 is 2.10 bits per heavy atom. The first-order chi connectivity index (χ1) is 9.70. The molecule has 1 aliphatic carbocycles. The average molecular weight is 335 g/mol. The fraction of sp³-hybridized carbons (Fsp3) is 0.462. The van der Waals surface area contributed by atoms with Crippen molar-refractivity contribution in [3.05, 3.63) is 28.5 Å². The summed E-state index contributed by atoms with van der Waals surface area (Å²) in [5.41, 5.74) is -0.0658. The molecule has 5 nitrogen and oxygen atoms in total. The van der Waals surface area contributed by atoms with Crippen LogP contribution in [0, 0.1) is 11.7 Å². The van der Waals surface area contributed by atoms with Gasteiger partial charge in [0.25, 0.3) is 5.91 Å². The maximum atomic E-state index is 13.6. The maximum absolute atomic E-state index is 13.6. The Balaban J connectivity index is 2.31. The number of carbonyl (C=O) groups is 1. The summed E-state index contributed by atoms with van der Waals surface area (Å²) in [6.07, 6.45) is 3.29. The lowest BCUT2D eigenvalue weighted by atomic mass is 9.85. The van der Waals surface area contributed by atoms with Crippen LogP contribution in [0.15, 0.2) is 17.0 Å². The summed E-state index contributed by atoms with van der Waals surface area (Å²) < 4.78 is 36.2. The minimum Gasteiger partial charge on any atom is -0.341 e. The zero-order valence-corrected chi connectivity index (χ0v) is 13.0. The van der Waals surface area contributed by atoms with Gasteiger partial charge >= 0.3 is 0 Å². The van der Waals surface area contributed by atoms with Gasteiger partial charge in [0.05, 0.1) is 10.6 Å². The van der Waals surface area contributed by atoms with Gasteiger partial charge in [-0.2, -0.15) is 0 Å². The highest BCUT2D eigenvalue weighted by Gasteiger charge is 2.25. The quantitative estimate of drug-likeness (QED) is 0.914. The summed E-state index contributed by atoms with van der Waals surface area (Å²) in [7, 11) is -2.64. The van der Waals surface area contributed by atoms with E-state index in [1.807, 2.05) is 0 Å². The molecule has 0 radical (unpaired) electrons. The lowest BCUT2D eigenvalue weighted by Crippen LogP contribution is -2.34. The van der Waals surface area contributed by atoms with Crippen molar-refractivity contribution in [3.8, 4) is 0 Å². The highest BCUT2D eigenvalue weighted by molar-refractivity contribution is 7.89. The third kappa shape index (κ3) is 3.53. The van der Waals surface area contributed by atoms with E-state index < -0.39 is 26.6 Å². The van der Waals surface area contributed by atoms with Gasteiger partial charge in [0.1, 0.15) is 10.7 Å². The number of carbonyl (C=O) groups excluding carboxylic acids is 1. The normalized spacial score (nSPS) is 15.6. The molecule has 0 bridgehead atoms. The van der Waals surface area contributed by atoms with Gasteiger partial charge in [-0.05, 0) is 30.9 Å². The van der Waals surface area contributed by atoms with Crippen LogP contribution in [-0.4, -0.2) is 32.8 Å². The van der Waals surface area contributed by atoms with Crippen LogP contribution in [0.3, 0.4) is 0 Å². The molecule has 1 aromatic carbocycles. The highest BCUT2D eigenvalue weighted by Crippen LogP contribution is 2.28. The van der Waals surface area contributed by atoms with E-state index in [9.17, 15) is 17.6 Å². The van der Waals surface area contributed by atoms with Crippen LogP contribution in [0.1, 0.15) is 29.6 Å². The minimum atomic E-state index is -4.25. The van der Waals surface area contributed by atoms with Crippen molar-refractivity contribution in [2.75, 3.05) is 13.6 Å². The topological polar surface area (TPSA) is 80.5 Å². The van der Waals surface area contributed by atoms with E-state index in [2.05, 4.69) is 0 Å². The predicted molar refractivity (Wildman–Crippen MR) is 77.1 cm³/mol. The number of hydrogen-bond donors (Lipinski definition) is 1. The molecule has 1 amide bonds. The molecular weight excluding hydrogens is 319 g/mol. The van der Waals surface area contributed by atoms with Gasteiger partial charge in [-0.25, -0.2) is 17.9 Å². The molecule has 116 valence electrons. The van der Waals surface area contributed by atoms with Crippen molar-refractivity contribution in [1.29, 1.82) is 0 Å². The van der Waals surface area contributed by atoms with Crippen molar-refractivity contribution in [1.82, 2.24) is 4.90 Å². The second-order valence-corrected chi connectivity index (χ2v) is 7.23. The SMILES string of the molecule is CN(CC1CCC1)C(=O)c1cc(S(N)(=O)=O)c(F)cc1Cl. The van der Waals surface area contributed by atoms with Crippen molar-refractivity contribution in [2.24, 2.45) is 11.1 Å². The summed E-state index contributed by atoms with van der Waals surface area (Å²) >= 11 is 5.85. The van der Waals surface area contributed by atoms with Crippen molar-refractivity contribution >= 4 is 27.5 Å². The standard InChI is InChI=1S/C13H16ClFN2O3S/c1-17(7-8-3-2-4-8)13(18)9-5-12(21(16,19)20)11(15)6-10(9)14/h5-6,8H,2-4,7H2,1H3,(H2,16,19,20). The smallest absolute Gasteiger partial charge is 0.255 e. The zero-order chi connectivity index (χ0) is 15.8. The zero-order valence-electron chi connectivity index (χ0n) is 11.5. The molecule has 0 saturated heterocycles. The first kappa shape index (κ1) is 16.2. The largest absolute Gasteiger partial charge is 0.341 e. The number of amides is 1. The molecule has 2 N–H and O–H groups in total. The second-order valence-electron chi connectivity index (χ2n) is 5.29. The van der Waals surface area contributed by atoms with Gasteiger partial charge in [0.2, 0.25) is 10.0 Å². The average Bonchev–Trinajstić information content (AvgIpc) is 2.31. The highest BCUT2D eigenvalue weighted by atomic mass is 35.5. The van der Waals surface area contributed by atoms with E-state index in [1.165, 1.54) is 4.90 Å². The lowest BCUT2D eigenvalue weighted by molar-refractivity contribution is 0.0745. The minimum absolute atomic E-state index is 0.0658.